The van der Waals surface area contributed by atoms with Crippen molar-refractivity contribution in [3.8, 4) is 0 Å². The van der Waals surface area contributed by atoms with Crippen molar-refractivity contribution in [1.82, 2.24) is 0 Å². The number of fused-ring (bicyclic) bond motifs is 6. The molecular formula is C34H29BN2S. The second kappa shape index (κ2) is 8.37. The van der Waals surface area contributed by atoms with E-state index < -0.39 is 0 Å². The Morgan fingerprint density at radius 3 is 2.16 bits per heavy atom. The van der Waals surface area contributed by atoms with Gasteiger partial charge < -0.3 is 9.80 Å². The average Bonchev–Trinajstić information content (AvgIpc) is 3.33. The summed E-state index contributed by atoms with van der Waals surface area (Å²) in [6.45, 7) is 4.67. The number of hydrogen-bond acceptors (Lipinski definition) is 3. The van der Waals surface area contributed by atoms with Gasteiger partial charge in [-0.15, -0.1) is 0 Å². The van der Waals surface area contributed by atoms with E-state index in [4.69, 9.17) is 0 Å². The summed E-state index contributed by atoms with van der Waals surface area (Å²) in [7, 11) is 0. The molecule has 0 fully saturated rings. The van der Waals surface area contributed by atoms with E-state index in [1.54, 1.807) is 10.4 Å². The Kier molecular flexibility index (Phi) is 4.90. The highest BCUT2D eigenvalue weighted by atomic mass is 32.1. The number of rotatable bonds is 2. The lowest BCUT2D eigenvalue weighted by atomic mass is 9.36. The van der Waals surface area contributed by atoms with Gasteiger partial charge in [0, 0.05) is 38.1 Å². The van der Waals surface area contributed by atoms with Crippen molar-refractivity contribution < 1.29 is 0 Å². The molecule has 184 valence electrons. The molecule has 0 radical (unpaired) electrons. The molecule has 38 heavy (non-hydrogen) atoms. The highest BCUT2D eigenvalue weighted by Crippen LogP contribution is 2.48. The largest absolute Gasteiger partial charge is 0.311 e. The number of para-hydroxylation sites is 2. The van der Waals surface area contributed by atoms with Gasteiger partial charge in [0.25, 0.3) is 6.71 Å². The fourth-order valence-electron chi connectivity index (χ4n) is 6.87. The predicted molar refractivity (Wildman–Crippen MR) is 164 cm³/mol. The molecule has 0 saturated carbocycles. The fraction of sp³-hybridized carbons (Fsp3) is 0.176. The summed E-state index contributed by atoms with van der Waals surface area (Å²) in [5, 5.41) is 0. The van der Waals surface area contributed by atoms with Crippen molar-refractivity contribution in [3.63, 3.8) is 0 Å². The lowest BCUT2D eigenvalue weighted by molar-refractivity contribution is 0.697. The highest BCUT2D eigenvalue weighted by molar-refractivity contribution is 7.29. The van der Waals surface area contributed by atoms with Crippen LogP contribution in [0.25, 0.3) is 0 Å². The Hall–Kier alpha value is -3.76. The van der Waals surface area contributed by atoms with Crippen LogP contribution in [-0.4, -0.2) is 6.71 Å². The third-order valence-electron chi connectivity index (χ3n) is 8.50. The van der Waals surface area contributed by atoms with Gasteiger partial charge in [-0.1, -0.05) is 54.1 Å². The average molecular weight is 508 g/mol. The van der Waals surface area contributed by atoms with E-state index in [-0.39, 0.29) is 6.71 Å². The number of anilines is 6. The Morgan fingerprint density at radius 2 is 1.34 bits per heavy atom. The first-order valence-electron chi connectivity index (χ1n) is 13.8. The summed E-state index contributed by atoms with van der Waals surface area (Å²) in [4.78, 5) is 6.70. The molecule has 5 aromatic rings. The molecule has 3 heterocycles. The zero-order valence-corrected chi connectivity index (χ0v) is 22.7. The molecule has 1 aromatic heterocycles. The maximum atomic E-state index is 2.60. The maximum absolute atomic E-state index is 2.60. The molecule has 1 aliphatic carbocycles. The second-order valence-electron chi connectivity index (χ2n) is 11.0. The number of benzene rings is 4. The van der Waals surface area contributed by atoms with Crippen LogP contribution in [0.15, 0.2) is 91.0 Å². The van der Waals surface area contributed by atoms with Crippen LogP contribution in [-0.2, 0) is 12.8 Å². The minimum atomic E-state index is 0.254. The minimum Gasteiger partial charge on any atom is -0.311 e. The fourth-order valence-corrected chi connectivity index (χ4v) is 8.37. The third-order valence-corrected chi connectivity index (χ3v) is 9.85. The smallest absolute Gasteiger partial charge is 0.264 e. The molecule has 0 saturated heterocycles. The van der Waals surface area contributed by atoms with Crippen LogP contribution >= 0.6 is 11.3 Å². The summed E-state index contributed by atoms with van der Waals surface area (Å²) >= 11 is 2.08. The zero-order chi connectivity index (χ0) is 25.4. The lowest BCUT2D eigenvalue weighted by Gasteiger charge is -2.43. The van der Waals surface area contributed by atoms with Gasteiger partial charge in [-0.3, -0.25) is 0 Å². The normalized spacial score (nSPS) is 15.1. The maximum Gasteiger partial charge on any atom is 0.264 e. The van der Waals surface area contributed by atoms with Crippen molar-refractivity contribution in [1.29, 1.82) is 0 Å². The first-order valence-corrected chi connectivity index (χ1v) is 14.6. The topological polar surface area (TPSA) is 6.48 Å². The lowest BCUT2D eigenvalue weighted by Crippen LogP contribution is -2.60. The predicted octanol–water partition coefficient (Wildman–Crippen LogP) is 7.33. The molecule has 4 aromatic carbocycles. The van der Waals surface area contributed by atoms with Crippen LogP contribution in [0.3, 0.4) is 0 Å². The van der Waals surface area contributed by atoms with E-state index in [0.29, 0.717) is 0 Å². The van der Waals surface area contributed by atoms with Gasteiger partial charge in [-0.2, -0.15) is 11.3 Å². The molecule has 0 spiro atoms. The Bertz CT molecular complexity index is 1700. The number of aryl methyl sites for hydroxylation is 3. The number of nitrogens with zero attached hydrogens (tertiary/aromatic N) is 2. The molecule has 0 bridgehead atoms. The van der Waals surface area contributed by atoms with Crippen molar-refractivity contribution in [2.75, 3.05) is 9.80 Å². The standard InChI is InChI=1S/C34H29BN2S/c1-22-16-18-25(19-17-22)36-28-14-8-7-13-27(28)35-32-29(36)20-23(2)21-30(32)37(24-10-4-3-5-11-24)33-26-12-6-9-15-31(26)38-34(33)35/h3-5,7-8,10-11,13-14,16-21H,6,9,12,15H2,1-2H3. The first-order chi connectivity index (χ1) is 18.7. The highest BCUT2D eigenvalue weighted by Gasteiger charge is 2.45. The van der Waals surface area contributed by atoms with Crippen LogP contribution in [0.4, 0.5) is 34.1 Å². The van der Waals surface area contributed by atoms with E-state index in [0.717, 1.165) is 0 Å². The molecule has 0 atom stereocenters. The summed E-state index contributed by atoms with van der Waals surface area (Å²) in [5.74, 6) is 0. The molecule has 0 amide bonds. The number of thiophene rings is 1. The van der Waals surface area contributed by atoms with Gasteiger partial charge >= 0.3 is 0 Å². The van der Waals surface area contributed by atoms with Crippen molar-refractivity contribution in [2.24, 2.45) is 0 Å². The van der Waals surface area contributed by atoms with Crippen molar-refractivity contribution >= 4 is 67.9 Å². The van der Waals surface area contributed by atoms with Crippen LogP contribution < -0.4 is 25.5 Å². The first kappa shape index (κ1) is 22.2. The summed E-state index contributed by atoms with van der Waals surface area (Å²) < 4.78 is 1.52. The molecule has 0 N–H and O–H groups in total. The number of hydrogen-bond donors (Lipinski definition) is 0. The van der Waals surface area contributed by atoms with Crippen LogP contribution in [0, 0.1) is 13.8 Å². The van der Waals surface area contributed by atoms with E-state index >= 15 is 0 Å². The Labute approximate surface area is 229 Å². The molecule has 2 nitrogen and oxygen atoms in total. The molecule has 3 aliphatic rings. The monoisotopic (exact) mass is 508 g/mol. The van der Waals surface area contributed by atoms with Gasteiger partial charge in [-0.25, -0.2) is 0 Å². The molecular weight excluding hydrogens is 479 g/mol. The van der Waals surface area contributed by atoms with Crippen molar-refractivity contribution in [3.05, 3.63) is 113 Å². The molecule has 2 aliphatic heterocycles. The van der Waals surface area contributed by atoms with Crippen molar-refractivity contribution in [2.45, 2.75) is 39.5 Å². The minimum absolute atomic E-state index is 0.254. The van der Waals surface area contributed by atoms with E-state index in [1.807, 2.05) is 0 Å². The van der Waals surface area contributed by atoms with Crippen LogP contribution in [0.2, 0.25) is 0 Å². The molecule has 4 heteroatoms. The van der Waals surface area contributed by atoms with Crippen LogP contribution in [0.5, 0.6) is 0 Å². The van der Waals surface area contributed by atoms with Crippen LogP contribution in [0.1, 0.15) is 34.4 Å². The quantitative estimate of drug-likeness (QED) is 0.226. The Morgan fingerprint density at radius 1 is 0.658 bits per heavy atom. The second-order valence-corrected chi connectivity index (χ2v) is 12.1. The SMILES string of the molecule is Cc1ccc(N2c3ccccc3B3c4sc5c(c4N(c4ccccc4)c4cc(C)cc2c43)CCCC5)cc1. The van der Waals surface area contributed by atoms with Gasteiger partial charge in [0.1, 0.15) is 0 Å². The van der Waals surface area contributed by atoms with Gasteiger partial charge in [0.15, 0.2) is 0 Å². The molecule has 8 rings (SSSR count). The summed E-state index contributed by atoms with van der Waals surface area (Å²) in [5.41, 5.74) is 14.9. The van der Waals surface area contributed by atoms with Gasteiger partial charge in [0.05, 0.1) is 5.69 Å². The van der Waals surface area contributed by atoms with E-state index in [9.17, 15) is 0 Å². The van der Waals surface area contributed by atoms with E-state index in [2.05, 4.69) is 126 Å². The summed E-state index contributed by atoms with van der Waals surface area (Å²) in [6, 6.07) is 34.0. The van der Waals surface area contributed by atoms with E-state index in [1.165, 1.54) is 86.6 Å². The Balaban J connectivity index is 1.48. The zero-order valence-electron chi connectivity index (χ0n) is 21.9. The van der Waals surface area contributed by atoms with Gasteiger partial charge in [-0.05, 0) is 104 Å². The third kappa shape index (κ3) is 3.13. The van der Waals surface area contributed by atoms with Gasteiger partial charge in [0.2, 0.25) is 0 Å². The summed E-state index contributed by atoms with van der Waals surface area (Å²) in [6.07, 6.45) is 4.98. The molecule has 0 unspecified atom stereocenters.